The van der Waals surface area contributed by atoms with Crippen molar-refractivity contribution in [3.05, 3.63) is 76.1 Å². The molecule has 0 spiro atoms. The molecular weight excluding hydrogens is 361 g/mol. The smallest absolute Gasteiger partial charge is 0.229 e. The number of hydrogen-bond donors (Lipinski definition) is 0. The van der Waals surface area contributed by atoms with Gasteiger partial charge in [-0.2, -0.15) is 5.26 Å². The van der Waals surface area contributed by atoms with Crippen LogP contribution in [0.4, 0.5) is 10.1 Å². The summed E-state index contributed by atoms with van der Waals surface area (Å²) < 4.78 is 13.6. The molecule has 1 atom stereocenters. The molecule has 1 amide bonds. The highest BCUT2D eigenvalue weighted by molar-refractivity contribution is 8.03. The Morgan fingerprint density at radius 1 is 1.22 bits per heavy atom. The van der Waals surface area contributed by atoms with E-state index in [1.54, 1.807) is 17.0 Å². The SMILES string of the molecule is Cc1ccc(N2CSC3=C(C#N)[C@H](c4cccc(F)c4)CC(=O)N3C2)cc1. The molecule has 2 heterocycles. The van der Waals surface area contributed by atoms with Crippen LogP contribution in [0, 0.1) is 24.1 Å². The Balaban J connectivity index is 1.66. The second-order valence-corrected chi connectivity index (χ2v) is 7.69. The van der Waals surface area contributed by atoms with Crippen LogP contribution in [-0.4, -0.2) is 23.4 Å². The lowest BCUT2D eigenvalue weighted by molar-refractivity contribution is -0.129. The fourth-order valence-electron chi connectivity index (χ4n) is 3.49. The fourth-order valence-corrected chi connectivity index (χ4v) is 4.66. The Bertz CT molecular complexity index is 964. The van der Waals surface area contributed by atoms with Crippen molar-refractivity contribution < 1.29 is 9.18 Å². The lowest BCUT2D eigenvalue weighted by Gasteiger charge is -2.42. The summed E-state index contributed by atoms with van der Waals surface area (Å²) in [5.74, 6) is -0.125. The lowest BCUT2D eigenvalue weighted by Crippen LogP contribution is -2.47. The van der Waals surface area contributed by atoms with E-state index in [-0.39, 0.29) is 24.1 Å². The summed E-state index contributed by atoms with van der Waals surface area (Å²) >= 11 is 1.49. The molecule has 0 aromatic heterocycles. The average Bonchev–Trinajstić information content (AvgIpc) is 2.68. The molecule has 0 bridgehead atoms. The number of aryl methyl sites for hydroxylation is 1. The van der Waals surface area contributed by atoms with Crippen molar-refractivity contribution in [2.45, 2.75) is 19.3 Å². The molecule has 1 fully saturated rings. The minimum absolute atomic E-state index is 0.0393. The van der Waals surface area contributed by atoms with Crippen LogP contribution >= 0.6 is 11.8 Å². The van der Waals surface area contributed by atoms with E-state index in [9.17, 15) is 14.4 Å². The molecule has 2 aliphatic rings. The van der Waals surface area contributed by atoms with Crippen molar-refractivity contribution in [1.82, 2.24) is 4.90 Å². The van der Waals surface area contributed by atoms with E-state index in [2.05, 4.69) is 11.0 Å². The number of halogens is 1. The van der Waals surface area contributed by atoms with Gasteiger partial charge in [-0.15, -0.1) is 0 Å². The van der Waals surface area contributed by atoms with Crippen LogP contribution in [0.1, 0.15) is 23.5 Å². The summed E-state index contributed by atoms with van der Waals surface area (Å²) in [6.45, 7) is 2.46. The number of benzene rings is 2. The van der Waals surface area contributed by atoms with Gasteiger partial charge in [0.15, 0.2) is 0 Å². The van der Waals surface area contributed by atoms with Gasteiger partial charge in [0, 0.05) is 18.0 Å². The normalized spacial score (nSPS) is 19.7. The molecule has 4 nitrogen and oxygen atoms in total. The molecule has 2 aromatic rings. The third-order valence-electron chi connectivity index (χ3n) is 4.94. The monoisotopic (exact) mass is 379 g/mol. The zero-order chi connectivity index (χ0) is 19.0. The van der Waals surface area contributed by atoms with Crippen molar-refractivity contribution >= 4 is 23.4 Å². The molecule has 0 aliphatic carbocycles. The highest BCUT2D eigenvalue weighted by atomic mass is 32.2. The summed E-state index contributed by atoms with van der Waals surface area (Å²) in [5.41, 5.74) is 3.45. The molecular formula is C21H18FN3OS. The van der Waals surface area contributed by atoms with Crippen molar-refractivity contribution in [3.63, 3.8) is 0 Å². The first-order valence-electron chi connectivity index (χ1n) is 8.71. The number of thioether (sulfide) groups is 1. The second kappa shape index (κ2) is 7.09. The van der Waals surface area contributed by atoms with Gasteiger partial charge < -0.3 is 4.90 Å². The first-order chi connectivity index (χ1) is 13.1. The molecule has 136 valence electrons. The maximum absolute atomic E-state index is 13.6. The van der Waals surface area contributed by atoms with Crippen molar-refractivity contribution in [2.24, 2.45) is 0 Å². The number of allylic oxidation sites excluding steroid dienone is 1. The standard InChI is InChI=1S/C21H18FN3OS/c1-14-5-7-17(8-6-14)24-12-25-20(26)10-18(15-3-2-4-16(22)9-15)19(11-23)21(25)27-13-24/h2-9,18H,10,12-13H2,1H3/t18-/m0/s1. The number of hydrogen-bond acceptors (Lipinski definition) is 4. The predicted molar refractivity (Wildman–Crippen MR) is 104 cm³/mol. The van der Waals surface area contributed by atoms with E-state index in [0.29, 0.717) is 28.7 Å². The van der Waals surface area contributed by atoms with Gasteiger partial charge >= 0.3 is 0 Å². The molecule has 1 saturated heterocycles. The van der Waals surface area contributed by atoms with Gasteiger partial charge in [-0.25, -0.2) is 4.39 Å². The molecule has 27 heavy (non-hydrogen) atoms. The fraction of sp³-hybridized carbons (Fsp3) is 0.238. The zero-order valence-corrected chi connectivity index (χ0v) is 15.7. The number of rotatable bonds is 2. The van der Waals surface area contributed by atoms with Crippen molar-refractivity contribution in [3.8, 4) is 6.07 Å². The third kappa shape index (κ3) is 3.31. The Labute approximate surface area is 161 Å². The molecule has 0 N–H and O–H groups in total. The van der Waals surface area contributed by atoms with E-state index in [1.807, 2.05) is 31.2 Å². The first kappa shape index (κ1) is 17.6. The number of nitrogens with zero attached hydrogens (tertiary/aromatic N) is 3. The van der Waals surface area contributed by atoms with Gasteiger partial charge in [0.05, 0.1) is 29.2 Å². The predicted octanol–water partition coefficient (Wildman–Crippen LogP) is 4.35. The molecule has 4 rings (SSSR count). The zero-order valence-electron chi connectivity index (χ0n) is 14.9. The van der Waals surface area contributed by atoms with E-state index in [4.69, 9.17) is 0 Å². The second-order valence-electron chi connectivity index (χ2n) is 6.75. The Morgan fingerprint density at radius 2 is 2.00 bits per heavy atom. The Hall–Kier alpha value is -2.78. The summed E-state index contributed by atoms with van der Waals surface area (Å²) in [6, 6.07) is 16.6. The van der Waals surface area contributed by atoms with Crippen LogP contribution in [-0.2, 0) is 4.79 Å². The maximum atomic E-state index is 13.6. The number of anilines is 1. The van der Waals surface area contributed by atoms with Crippen LogP contribution in [0.5, 0.6) is 0 Å². The number of nitriles is 1. The van der Waals surface area contributed by atoms with Gasteiger partial charge in [-0.1, -0.05) is 41.6 Å². The van der Waals surface area contributed by atoms with Gasteiger partial charge in [0.2, 0.25) is 5.91 Å². The quantitative estimate of drug-likeness (QED) is 0.778. The minimum Gasteiger partial charge on any atom is -0.344 e. The number of carbonyl (C=O) groups is 1. The van der Waals surface area contributed by atoms with Crippen LogP contribution in [0.3, 0.4) is 0 Å². The van der Waals surface area contributed by atoms with Gasteiger partial charge in [-0.05, 0) is 36.8 Å². The summed E-state index contributed by atoms with van der Waals surface area (Å²) in [7, 11) is 0. The molecule has 2 aliphatic heterocycles. The molecule has 6 heteroatoms. The van der Waals surface area contributed by atoms with Crippen LogP contribution in [0.25, 0.3) is 0 Å². The van der Waals surface area contributed by atoms with E-state index in [0.717, 1.165) is 5.69 Å². The Kier molecular flexibility index (Phi) is 4.63. The molecule has 0 radical (unpaired) electrons. The highest BCUT2D eigenvalue weighted by Crippen LogP contribution is 2.43. The number of carbonyl (C=O) groups excluding carboxylic acids is 1. The van der Waals surface area contributed by atoms with Crippen LogP contribution in [0.15, 0.2) is 59.1 Å². The van der Waals surface area contributed by atoms with Crippen molar-refractivity contribution in [2.75, 3.05) is 17.4 Å². The minimum atomic E-state index is -0.386. The van der Waals surface area contributed by atoms with E-state index in [1.165, 1.54) is 29.5 Å². The summed E-state index contributed by atoms with van der Waals surface area (Å²) in [5, 5.41) is 10.5. The van der Waals surface area contributed by atoms with E-state index < -0.39 is 0 Å². The molecule has 0 saturated carbocycles. The first-order valence-corrected chi connectivity index (χ1v) is 9.70. The van der Waals surface area contributed by atoms with Crippen LogP contribution in [0.2, 0.25) is 0 Å². The molecule has 0 unspecified atom stereocenters. The van der Waals surface area contributed by atoms with Gasteiger partial charge in [-0.3, -0.25) is 9.69 Å². The molecule has 2 aromatic carbocycles. The van der Waals surface area contributed by atoms with Gasteiger partial charge in [0.1, 0.15) is 5.82 Å². The Morgan fingerprint density at radius 3 is 2.70 bits per heavy atom. The average molecular weight is 379 g/mol. The van der Waals surface area contributed by atoms with Crippen LogP contribution < -0.4 is 4.90 Å². The number of fused-ring (bicyclic) bond motifs is 1. The van der Waals surface area contributed by atoms with Gasteiger partial charge in [0.25, 0.3) is 0 Å². The maximum Gasteiger partial charge on any atom is 0.229 e. The highest BCUT2D eigenvalue weighted by Gasteiger charge is 2.38. The topological polar surface area (TPSA) is 47.3 Å². The largest absolute Gasteiger partial charge is 0.344 e. The third-order valence-corrected chi connectivity index (χ3v) is 6.10. The van der Waals surface area contributed by atoms with E-state index >= 15 is 0 Å². The summed E-state index contributed by atoms with van der Waals surface area (Å²) in [6.07, 6.45) is 0.179. The van der Waals surface area contributed by atoms with Crippen molar-refractivity contribution in [1.29, 1.82) is 5.26 Å². The number of amides is 1. The lowest BCUT2D eigenvalue weighted by atomic mass is 9.86. The summed E-state index contributed by atoms with van der Waals surface area (Å²) in [4.78, 5) is 16.6.